The number of carbonyl (C=O) groups is 1. The number of benzene rings is 4. The number of fused-ring (bicyclic) bond motifs is 2. The Bertz CT molecular complexity index is 1330. The fraction of sp³-hybridized carbons (Fsp3) is 0.0400. The quantitative estimate of drug-likeness (QED) is 0.259. The first-order chi connectivity index (χ1) is 14.8. The van der Waals surface area contributed by atoms with Gasteiger partial charge in [-0.05, 0) is 47.2 Å². The van der Waals surface area contributed by atoms with Gasteiger partial charge in [0.2, 0.25) is 0 Å². The van der Waals surface area contributed by atoms with Crippen molar-refractivity contribution in [2.75, 3.05) is 6.61 Å². The predicted octanol–water partition coefficient (Wildman–Crippen LogP) is 6.10. The van der Waals surface area contributed by atoms with Gasteiger partial charge in [0.05, 0.1) is 15.8 Å². The van der Waals surface area contributed by atoms with Crippen molar-refractivity contribution in [3.8, 4) is 22.1 Å². The number of hydrogen-bond acceptors (Lipinski definition) is 5. The first kappa shape index (κ1) is 18.3. The summed E-state index contributed by atoms with van der Waals surface area (Å²) in [6.07, 6.45) is 0. The van der Waals surface area contributed by atoms with Crippen LogP contribution < -0.4 is 9.47 Å². The lowest BCUT2D eigenvalue weighted by Crippen LogP contribution is -2.18. The van der Waals surface area contributed by atoms with Crippen molar-refractivity contribution in [2.24, 2.45) is 0 Å². The molecule has 0 fully saturated rings. The molecular formula is C25H17NO3S. The summed E-state index contributed by atoms with van der Waals surface area (Å²) in [6.45, 7) is -0.174. The highest BCUT2D eigenvalue weighted by molar-refractivity contribution is 7.21. The van der Waals surface area contributed by atoms with E-state index in [1.165, 1.54) is 0 Å². The topological polar surface area (TPSA) is 48.4 Å². The SMILES string of the molecule is O=C(COc1ccc2ccccc2c1)Oc1ccccc1-c1nc2ccccc2s1. The molecule has 0 atom stereocenters. The lowest BCUT2D eigenvalue weighted by Gasteiger charge is -2.10. The van der Waals surface area contributed by atoms with Crippen LogP contribution in [0, 0.1) is 0 Å². The maximum Gasteiger partial charge on any atom is 0.349 e. The van der Waals surface area contributed by atoms with E-state index >= 15 is 0 Å². The van der Waals surface area contributed by atoms with Gasteiger partial charge in [-0.25, -0.2) is 9.78 Å². The molecule has 0 unspecified atom stereocenters. The lowest BCUT2D eigenvalue weighted by molar-refractivity contribution is -0.136. The summed E-state index contributed by atoms with van der Waals surface area (Å²) in [4.78, 5) is 17.1. The van der Waals surface area contributed by atoms with E-state index < -0.39 is 5.97 Å². The molecule has 0 amide bonds. The minimum Gasteiger partial charge on any atom is -0.482 e. The Kier molecular flexibility index (Phi) is 4.87. The summed E-state index contributed by atoms with van der Waals surface area (Å²) in [5.74, 6) is 0.644. The van der Waals surface area contributed by atoms with E-state index in [2.05, 4.69) is 4.98 Å². The predicted molar refractivity (Wildman–Crippen MR) is 120 cm³/mol. The second-order valence-electron chi connectivity index (χ2n) is 6.75. The van der Waals surface area contributed by atoms with Crippen molar-refractivity contribution in [3.05, 3.63) is 91.0 Å². The Labute approximate surface area is 177 Å². The summed E-state index contributed by atoms with van der Waals surface area (Å²) < 4.78 is 12.4. The number of para-hydroxylation sites is 2. The number of ether oxygens (including phenoxy) is 2. The maximum absolute atomic E-state index is 12.4. The van der Waals surface area contributed by atoms with Crippen molar-refractivity contribution in [2.45, 2.75) is 0 Å². The third kappa shape index (κ3) is 3.75. The molecule has 4 nitrogen and oxygen atoms in total. The molecule has 0 aliphatic heterocycles. The molecule has 30 heavy (non-hydrogen) atoms. The Balaban J connectivity index is 1.32. The second-order valence-corrected chi connectivity index (χ2v) is 7.79. The van der Waals surface area contributed by atoms with Crippen molar-refractivity contribution in [1.29, 1.82) is 0 Å². The molecule has 0 N–H and O–H groups in total. The van der Waals surface area contributed by atoms with Crippen LogP contribution in [0.2, 0.25) is 0 Å². The van der Waals surface area contributed by atoms with Crippen molar-refractivity contribution >= 4 is 38.3 Å². The molecule has 4 aromatic carbocycles. The molecule has 0 saturated carbocycles. The van der Waals surface area contributed by atoms with Gasteiger partial charge < -0.3 is 9.47 Å². The van der Waals surface area contributed by atoms with Gasteiger partial charge in [0.1, 0.15) is 16.5 Å². The Morgan fingerprint density at radius 2 is 1.60 bits per heavy atom. The molecule has 0 bridgehead atoms. The molecule has 0 aliphatic carbocycles. The number of aromatic nitrogens is 1. The molecule has 5 heteroatoms. The third-order valence-electron chi connectivity index (χ3n) is 4.71. The number of rotatable bonds is 5. The molecule has 0 radical (unpaired) electrons. The summed E-state index contributed by atoms with van der Waals surface area (Å²) in [6, 6.07) is 29.1. The first-order valence-electron chi connectivity index (χ1n) is 9.53. The van der Waals surface area contributed by atoms with Crippen LogP contribution in [-0.4, -0.2) is 17.6 Å². The molecule has 0 aliphatic rings. The van der Waals surface area contributed by atoms with E-state index in [1.807, 2.05) is 84.9 Å². The smallest absolute Gasteiger partial charge is 0.349 e. The van der Waals surface area contributed by atoms with Crippen LogP contribution in [0.4, 0.5) is 0 Å². The zero-order chi connectivity index (χ0) is 20.3. The van der Waals surface area contributed by atoms with Crippen LogP contribution in [0.25, 0.3) is 31.6 Å². The number of thiazole rings is 1. The van der Waals surface area contributed by atoms with Crippen LogP contribution in [0.5, 0.6) is 11.5 Å². The Morgan fingerprint density at radius 1 is 0.833 bits per heavy atom. The molecule has 0 spiro atoms. The standard InChI is InChI=1S/C25H17NO3S/c27-24(16-28-19-14-13-17-7-1-2-8-18(17)15-19)29-22-11-5-3-9-20(22)25-26-21-10-4-6-12-23(21)30-25/h1-15H,16H2. The number of nitrogens with zero attached hydrogens (tertiary/aromatic N) is 1. The first-order valence-corrected chi connectivity index (χ1v) is 10.4. The molecule has 1 aromatic heterocycles. The second kappa shape index (κ2) is 7.97. The third-order valence-corrected chi connectivity index (χ3v) is 5.78. The summed E-state index contributed by atoms with van der Waals surface area (Å²) in [7, 11) is 0. The van der Waals surface area contributed by atoms with Gasteiger partial charge in [-0.3, -0.25) is 0 Å². The largest absolute Gasteiger partial charge is 0.482 e. The molecule has 1 heterocycles. The Morgan fingerprint density at radius 3 is 2.50 bits per heavy atom. The zero-order valence-electron chi connectivity index (χ0n) is 15.9. The van der Waals surface area contributed by atoms with E-state index in [0.717, 1.165) is 31.6 Å². The Hall–Kier alpha value is -3.70. The van der Waals surface area contributed by atoms with Gasteiger partial charge in [0.15, 0.2) is 6.61 Å². The number of esters is 1. The van der Waals surface area contributed by atoms with Crippen molar-refractivity contribution in [3.63, 3.8) is 0 Å². The molecule has 0 saturated heterocycles. The maximum atomic E-state index is 12.4. The zero-order valence-corrected chi connectivity index (χ0v) is 16.8. The molecule has 146 valence electrons. The van der Waals surface area contributed by atoms with Gasteiger partial charge in [-0.2, -0.15) is 0 Å². The number of carbonyl (C=O) groups excluding carboxylic acids is 1. The highest BCUT2D eigenvalue weighted by Gasteiger charge is 2.14. The van der Waals surface area contributed by atoms with Gasteiger partial charge in [0.25, 0.3) is 0 Å². The van der Waals surface area contributed by atoms with Crippen molar-refractivity contribution in [1.82, 2.24) is 4.98 Å². The fourth-order valence-electron chi connectivity index (χ4n) is 3.27. The van der Waals surface area contributed by atoms with E-state index in [1.54, 1.807) is 17.4 Å². The van der Waals surface area contributed by atoms with Gasteiger partial charge in [0, 0.05) is 0 Å². The normalized spacial score (nSPS) is 10.9. The summed E-state index contributed by atoms with van der Waals surface area (Å²) in [5, 5.41) is 3.00. The number of hydrogen-bond donors (Lipinski definition) is 0. The highest BCUT2D eigenvalue weighted by Crippen LogP contribution is 2.35. The van der Waals surface area contributed by atoms with Crippen LogP contribution in [-0.2, 0) is 4.79 Å². The van der Waals surface area contributed by atoms with Crippen LogP contribution >= 0.6 is 11.3 Å². The van der Waals surface area contributed by atoms with Crippen LogP contribution in [0.3, 0.4) is 0 Å². The summed E-state index contributed by atoms with van der Waals surface area (Å²) in [5.41, 5.74) is 1.72. The van der Waals surface area contributed by atoms with E-state index in [0.29, 0.717) is 11.5 Å². The molecule has 5 aromatic rings. The minimum absolute atomic E-state index is 0.174. The van der Waals surface area contributed by atoms with E-state index in [-0.39, 0.29) is 6.61 Å². The fourth-order valence-corrected chi connectivity index (χ4v) is 4.27. The van der Waals surface area contributed by atoms with Gasteiger partial charge in [-0.15, -0.1) is 11.3 Å². The van der Waals surface area contributed by atoms with Crippen LogP contribution in [0.15, 0.2) is 91.0 Å². The minimum atomic E-state index is -0.461. The van der Waals surface area contributed by atoms with Gasteiger partial charge in [-0.1, -0.05) is 54.6 Å². The van der Waals surface area contributed by atoms with E-state index in [9.17, 15) is 4.79 Å². The summed E-state index contributed by atoms with van der Waals surface area (Å²) >= 11 is 1.57. The van der Waals surface area contributed by atoms with Gasteiger partial charge >= 0.3 is 5.97 Å². The highest BCUT2D eigenvalue weighted by atomic mass is 32.1. The monoisotopic (exact) mass is 411 g/mol. The average Bonchev–Trinajstić information content (AvgIpc) is 3.22. The van der Waals surface area contributed by atoms with E-state index in [4.69, 9.17) is 9.47 Å². The van der Waals surface area contributed by atoms with Crippen LogP contribution in [0.1, 0.15) is 0 Å². The molecule has 5 rings (SSSR count). The van der Waals surface area contributed by atoms with Crippen molar-refractivity contribution < 1.29 is 14.3 Å². The lowest BCUT2D eigenvalue weighted by atomic mass is 10.1. The molecular weight excluding hydrogens is 394 g/mol. The average molecular weight is 411 g/mol.